The summed E-state index contributed by atoms with van der Waals surface area (Å²) < 4.78 is 5.33. The Morgan fingerprint density at radius 1 is 1.00 bits per heavy atom. The molecule has 0 saturated heterocycles. The molecule has 3 aromatic carbocycles. The first-order valence-corrected chi connectivity index (χ1v) is 10.1. The Morgan fingerprint density at radius 2 is 1.80 bits per heavy atom. The molecule has 1 unspecified atom stereocenters. The minimum absolute atomic E-state index is 0.0420. The van der Waals surface area contributed by atoms with Gasteiger partial charge in [-0.2, -0.15) is 0 Å². The number of nitrogens with one attached hydrogen (secondary N) is 2. The molecular formula is C25H27N3O2. The van der Waals surface area contributed by atoms with Crippen LogP contribution in [0, 0.1) is 0 Å². The van der Waals surface area contributed by atoms with Gasteiger partial charge >= 0.3 is 6.03 Å². The van der Waals surface area contributed by atoms with Crippen molar-refractivity contribution in [2.45, 2.75) is 12.5 Å². The van der Waals surface area contributed by atoms with Gasteiger partial charge in [0.2, 0.25) is 0 Å². The van der Waals surface area contributed by atoms with Gasteiger partial charge in [0.25, 0.3) is 0 Å². The first kappa shape index (κ1) is 20.0. The highest BCUT2D eigenvalue weighted by atomic mass is 16.5. The number of fused-ring (bicyclic) bond motifs is 3. The van der Waals surface area contributed by atoms with Gasteiger partial charge in [-0.25, -0.2) is 4.79 Å². The van der Waals surface area contributed by atoms with Crippen LogP contribution in [0.25, 0.3) is 11.1 Å². The van der Waals surface area contributed by atoms with Crippen molar-refractivity contribution >= 4 is 11.7 Å². The number of carbonyl (C=O) groups is 1. The Kier molecular flexibility index (Phi) is 5.72. The highest BCUT2D eigenvalue weighted by Gasteiger charge is 2.19. The van der Waals surface area contributed by atoms with E-state index in [0.29, 0.717) is 6.54 Å². The molecule has 3 aromatic rings. The summed E-state index contributed by atoms with van der Waals surface area (Å²) >= 11 is 0. The van der Waals surface area contributed by atoms with E-state index in [2.05, 4.69) is 51.9 Å². The van der Waals surface area contributed by atoms with Gasteiger partial charge in [0.05, 0.1) is 13.2 Å². The van der Waals surface area contributed by atoms with E-state index in [1.54, 1.807) is 7.11 Å². The zero-order chi connectivity index (χ0) is 21.1. The summed E-state index contributed by atoms with van der Waals surface area (Å²) in [4.78, 5) is 14.6. The third-order valence-corrected chi connectivity index (χ3v) is 5.61. The number of nitrogens with zero attached hydrogens (tertiary/aromatic N) is 1. The molecule has 0 saturated carbocycles. The molecule has 0 fully saturated rings. The number of anilines is 1. The molecule has 1 aliphatic rings. The smallest absolute Gasteiger partial charge is 0.319 e. The van der Waals surface area contributed by atoms with Crippen LogP contribution >= 0.6 is 0 Å². The molecule has 0 bridgehead atoms. The van der Waals surface area contributed by atoms with Crippen molar-refractivity contribution in [3.05, 3.63) is 83.4 Å². The summed E-state index contributed by atoms with van der Waals surface area (Å²) in [6.45, 7) is 0.488. The topological polar surface area (TPSA) is 53.6 Å². The van der Waals surface area contributed by atoms with E-state index in [1.807, 2.05) is 44.4 Å². The molecule has 5 nitrogen and oxygen atoms in total. The molecule has 5 heteroatoms. The molecule has 2 amide bonds. The quantitative estimate of drug-likeness (QED) is 0.493. The number of benzene rings is 3. The largest absolute Gasteiger partial charge is 0.497 e. The van der Waals surface area contributed by atoms with Gasteiger partial charge in [-0.15, -0.1) is 0 Å². The Bertz CT molecular complexity index is 1060. The lowest BCUT2D eigenvalue weighted by Gasteiger charge is -2.25. The van der Waals surface area contributed by atoms with Crippen molar-refractivity contribution in [1.82, 2.24) is 10.2 Å². The minimum Gasteiger partial charge on any atom is -0.497 e. The van der Waals surface area contributed by atoms with Gasteiger partial charge in [0.1, 0.15) is 5.75 Å². The second-order valence-corrected chi connectivity index (χ2v) is 7.80. The highest BCUT2D eigenvalue weighted by molar-refractivity contribution is 5.90. The number of rotatable bonds is 6. The molecule has 0 heterocycles. The van der Waals surface area contributed by atoms with Gasteiger partial charge in [-0.3, -0.25) is 0 Å². The number of amides is 2. The number of carbonyl (C=O) groups excluding carboxylic acids is 1. The van der Waals surface area contributed by atoms with Crippen LogP contribution < -0.4 is 15.4 Å². The molecule has 4 rings (SSSR count). The van der Waals surface area contributed by atoms with E-state index < -0.39 is 0 Å². The fourth-order valence-corrected chi connectivity index (χ4v) is 4.03. The van der Waals surface area contributed by atoms with Crippen LogP contribution in [-0.2, 0) is 6.42 Å². The lowest BCUT2D eigenvalue weighted by molar-refractivity contribution is 0.243. The molecule has 154 valence electrons. The average Bonchev–Trinajstić information content (AvgIpc) is 3.11. The van der Waals surface area contributed by atoms with E-state index in [0.717, 1.165) is 23.4 Å². The number of urea groups is 1. The molecule has 0 radical (unpaired) electrons. The van der Waals surface area contributed by atoms with E-state index in [9.17, 15) is 4.79 Å². The van der Waals surface area contributed by atoms with E-state index in [4.69, 9.17) is 4.74 Å². The summed E-state index contributed by atoms with van der Waals surface area (Å²) in [6, 6.07) is 22.3. The lowest BCUT2D eigenvalue weighted by atomic mass is 10.1. The summed E-state index contributed by atoms with van der Waals surface area (Å²) in [5.74, 6) is 0.808. The molecule has 2 N–H and O–H groups in total. The van der Waals surface area contributed by atoms with Crippen molar-refractivity contribution in [1.29, 1.82) is 0 Å². The zero-order valence-corrected chi connectivity index (χ0v) is 17.6. The number of methoxy groups -OCH3 is 1. The van der Waals surface area contributed by atoms with Crippen LogP contribution in [0.1, 0.15) is 22.7 Å². The van der Waals surface area contributed by atoms with E-state index in [-0.39, 0.29) is 12.1 Å². The van der Waals surface area contributed by atoms with Crippen LogP contribution in [0.5, 0.6) is 5.75 Å². The number of hydrogen-bond acceptors (Lipinski definition) is 3. The monoisotopic (exact) mass is 401 g/mol. The number of hydrogen-bond donors (Lipinski definition) is 2. The molecular weight excluding hydrogens is 374 g/mol. The third kappa shape index (κ3) is 4.16. The Balaban J connectivity index is 1.40. The summed E-state index contributed by atoms with van der Waals surface area (Å²) in [7, 11) is 5.66. The molecule has 1 atom stereocenters. The Hall–Kier alpha value is -3.31. The normalized spacial score (nSPS) is 12.8. The number of likely N-dealkylation sites (N-methyl/N-ethyl adjacent to an activating group) is 1. The second-order valence-electron chi connectivity index (χ2n) is 7.80. The summed E-state index contributed by atoms with van der Waals surface area (Å²) in [6.07, 6.45) is 0.904. The maximum atomic E-state index is 12.5. The SMILES string of the molecule is COc1cccc(C(CNC(=O)Nc2ccc3c(c2)Cc2ccccc2-3)N(C)C)c1. The van der Waals surface area contributed by atoms with Crippen molar-refractivity contribution < 1.29 is 9.53 Å². The van der Waals surface area contributed by atoms with Crippen molar-refractivity contribution in [3.8, 4) is 16.9 Å². The van der Waals surface area contributed by atoms with Crippen molar-refractivity contribution in [2.75, 3.05) is 33.1 Å². The Morgan fingerprint density at radius 3 is 2.60 bits per heavy atom. The van der Waals surface area contributed by atoms with Gasteiger partial charge in [-0.1, -0.05) is 42.5 Å². The van der Waals surface area contributed by atoms with Crippen LogP contribution in [0.3, 0.4) is 0 Å². The standard InChI is InChI=1S/C25H27N3O2/c1-28(2)24(18-8-6-9-21(15-18)30-3)16-26-25(29)27-20-11-12-23-19(14-20)13-17-7-4-5-10-22(17)23/h4-12,14-15,24H,13,16H2,1-3H3,(H2,26,27,29). The van der Waals surface area contributed by atoms with Crippen LogP contribution in [0.4, 0.5) is 10.5 Å². The van der Waals surface area contributed by atoms with Crippen molar-refractivity contribution in [2.24, 2.45) is 0 Å². The predicted molar refractivity (Wildman–Crippen MR) is 121 cm³/mol. The van der Waals surface area contributed by atoms with Crippen molar-refractivity contribution in [3.63, 3.8) is 0 Å². The second kappa shape index (κ2) is 8.59. The van der Waals surface area contributed by atoms with Crippen LogP contribution in [0.15, 0.2) is 66.7 Å². The molecule has 0 aromatic heterocycles. The fraction of sp³-hybridized carbons (Fsp3) is 0.240. The van der Waals surface area contributed by atoms with Crippen LogP contribution in [-0.4, -0.2) is 38.7 Å². The molecule has 30 heavy (non-hydrogen) atoms. The molecule has 0 spiro atoms. The number of ether oxygens (including phenoxy) is 1. The average molecular weight is 402 g/mol. The maximum absolute atomic E-state index is 12.5. The lowest BCUT2D eigenvalue weighted by Crippen LogP contribution is -2.36. The summed E-state index contributed by atoms with van der Waals surface area (Å²) in [5, 5.41) is 5.97. The first-order valence-electron chi connectivity index (χ1n) is 10.1. The van der Waals surface area contributed by atoms with Gasteiger partial charge in [-0.05, 0) is 72.6 Å². The third-order valence-electron chi connectivity index (χ3n) is 5.61. The molecule has 0 aliphatic heterocycles. The van der Waals surface area contributed by atoms with Gasteiger partial charge < -0.3 is 20.3 Å². The fourth-order valence-electron chi connectivity index (χ4n) is 4.03. The minimum atomic E-state index is -0.208. The van der Waals surface area contributed by atoms with Gasteiger partial charge in [0, 0.05) is 12.2 Å². The first-order chi connectivity index (χ1) is 14.5. The van der Waals surface area contributed by atoms with E-state index in [1.165, 1.54) is 22.3 Å². The predicted octanol–water partition coefficient (Wildman–Crippen LogP) is 4.69. The zero-order valence-electron chi connectivity index (χ0n) is 17.6. The highest BCUT2D eigenvalue weighted by Crippen LogP contribution is 2.37. The van der Waals surface area contributed by atoms with E-state index >= 15 is 0 Å². The van der Waals surface area contributed by atoms with Crippen LogP contribution in [0.2, 0.25) is 0 Å². The summed E-state index contributed by atoms with van der Waals surface area (Å²) in [5.41, 5.74) is 7.02. The molecule has 1 aliphatic carbocycles. The maximum Gasteiger partial charge on any atom is 0.319 e. The van der Waals surface area contributed by atoms with Gasteiger partial charge in [0.15, 0.2) is 0 Å². The Labute approximate surface area is 177 Å².